The normalized spacial score (nSPS) is 11.1. The minimum atomic E-state index is 0.0847. The minimum absolute atomic E-state index is 0.0847. The number of carbonyl (C=O) groups excluding carboxylic acids is 1. The molecule has 3 aromatic rings. The Morgan fingerprint density at radius 1 is 1.20 bits per heavy atom. The molecule has 0 aliphatic rings. The topological polar surface area (TPSA) is 42.2 Å². The molecule has 3 heteroatoms. The number of nitrogens with one attached hydrogen (secondary N) is 1. The van der Waals surface area contributed by atoms with Crippen molar-refractivity contribution in [2.24, 2.45) is 0 Å². The molecule has 20 heavy (non-hydrogen) atoms. The second-order valence-corrected chi connectivity index (χ2v) is 4.87. The quantitative estimate of drug-likeness (QED) is 0.784. The summed E-state index contributed by atoms with van der Waals surface area (Å²) in [5, 5.41) is 6.46. The van der Waals surface area contributed by atoms with Crippen LogP contribution in [0.4, 0.5) is 0 Å². The average molecular weight is 267 g/mol. The van der Waals surface area contributed by atoms with Crippen LogP contribution in [0.3, 0.4) is 0 Å². The highest BCUT2D eigenvalue weighted by Gasteiger charge is 2.09. The number of hydrogen-bond donors (Lipinski definition) is 1. The lowest BCUT2D eigenvalue weighted by Crippen LogP contribution is -2.24. The summed E-state index contributed by atoms with van der Waals surface area (Å²) < 4.78 is 5.63. The molecular weight excluding hydrogens is 250 g/mol. The first kappa shape index (κ1) is 12.7. The van der Waals surface area contributed by atoms with Crippen LogP contribution in [0.2, 0.25) is 0 Å². The molecule has 1 N–H and O–H groups in total. The van der Waals surface area contributed by atoms with E-state index in [1.54, 1.807) is 6.26 Å². The average Bonchev–Trinajstić information content (AvgIpc) is 2.97. The van der Waals surface area contributed by atoms with Gasteiger partial charge in [-0.05, 0) is 34.9 Å². The Balaban J connectivity index is 1.96. The van der Waals surface area contributed by atoms with Crippen LogP contribution in [-0.2, 0) is 11.2 Å². The van der Waals surface area contributed by atoms with Gasteiger partial charge in [-0.2, -0.15) is 0 Å². The van der Waals surface area contributed by atoms with E-state index in [0.717, 1.165) is 23.0 Å². The van der Waals surface area contributed by atoms with Crippen LogP contribution < -0.4 is 5.32 Å². The lowest BCUT2D eigenvalue weighted by molar-refractivity contribution is -0.120. The highest BCUT2D eigenvalue weighted by molar-refractivity contribution is 6.07. The van der Waals surface area contributed by atoms with Crippen LogP contribution in [0.1, 0.15) is 18.9 Å². The van der Waals surface area contributed by atoms with E-state index in [-0.39, 0.29) is 5.91 Å². The van der Waals surface area contributed by atoms with Gasteiger partial charge in [0.05, 0.1) is 6.26 Å². The molecule has 0 saturated carbocycles. The molecular formula is C17H17NO2. The zero-order chi connectivity index (χ0) is 13.9. The number of carbonyl (C=O) groups is 1. The van der Waals surface area contributed by atoms with Crippen LogP contribution in [-0.4, -0.2) is 12.5 Å². The molecule has 102 valence electrons. The van der Waals surface area contributed by atoms with Gasteiger partial charge in [0.25, 0.3) is 0 Å². The van der Waals surface area contributed by atoms with E-state index in [0.29, 0.717) is 13.0 Å². The maximum atomic E-state index is 11.3. The summed E-state index contributed by atoms with van der Waals surface area (Å²) >= 11 is 0. The van der Waals surface area contributed by atoms with Crippen molar-refractivity contribution in [3.05, 3.63) is 48.2 Å². The predicted molar refractivity (Wildman–Crippen MR) is 80.7 cm³/mol. The van der Waals surface area contributed by atoms with Gasteiger partial charge in [-0.3, -0.25) is 4.79 Å². The molecule has 0 spiro atoms. The molecule has 0 radical (unpaired) electrons. The Bertz CT molecular complexity index is 758. The fourth-order valence-electron chi connectivity index (χ4n) is 2.54. The molecule has 3 nitrogen and oxygen atoms in total. The number of amides is 1. The Hall–Kier alpha value is -2.29. The minimum Gasteiger partial charge on any atom is -0.464 e. The first-order chi connectivity index (χ1) is 9.79. The Morgan fingerprint density at radius 2 is 2.05 bits per heavy atom. The van der Waals surface area contributed by atoms with E-state index in [9.17, 15) is 4.79 Å². The van der Waals surface area contributed by atoms with Crippen molar-refractivity contribution in [3.63, 3.8) is 0 Å². The lowest BCUT2D eigenvalue weighted by Gasteiger charge is -2.07. The predicted octanol–water partition coefficient (Wildman–Crippen LogP) is 3.65. The Kier molecular flexibility index (Phi) is 3.42. The van der Waals surface area contributed by atoms with Crippen molar-refractivity contribution >= 4 is 27.6 Å². The van der Waals surface area contributed by atoms with E-state index < -0.39 is 0 Å². The van der Waals surface area contributed by atoms with Gasteiger partial charge in [0.15, 0.2) is 0 Å². The highest BCUT2D eigenvalue weighted by Crippen LogP contribution is 2.29. The van der Waals surface area contributed by atoms with Crippen LogP contribution in [0.5, 0.6) is 0 Å². The summed E-state index contributed by atoms with van der Waals surface area (Å²) in [6, 6.07) is 12.4. The molecule has 0 unspecified atom stereocenters. The third-order valence-electron chi connectivity index (χ3n) is 3.58. The summed E-state index contributed by atoms with van der Waals surface area (Å²) in [5.74, 6) is 0.0847. The molecule has 1 heterocycles. The monoisotopic (exact) mass is 267 g/mol. The smallest absolute Gasteiger partial charge is 0.219 e. The first-order valence-corrected chi connectivity index (χ1v) is 6.94. The van der Waals surface area contributed by atoms with Gasteiger partial charge in [0.1, 0.15) is 5.58 Å². The molecule has 0 bridgehead atoms. The third-order valence-corrected chi connectivity index (χ3v) is 3.58. The van der Waals surface area contributed by atoms with Crippen molar-refractivity contribution < 1.29 is 9.21 Å². The maximum Gasteiger partial charge on any atom is 0.219 e. The largest absolute Gasteiger partial charge is 0.464 e. The van der Waals surface area contributed by atoms with Crippen LogP contribution in [0, 0.1) is 0 Å². The Morgan fingerprint density at radius 3 is 2.90 bits per heavy atom. The van der Waals surface area contributed by atoms with Gasteiger partial charge in [-0.15, -0.1) is 0 Å². The maximum absolute atomic E-state index is 11.3. The summed E-state index contributed by atoms with van der Waals surface area (Å²) in [5.41, 5.74) is 2.06. The molecule has 0 saturated heterocycles. The fraction of sp³-hybridized carbons (Fsp3) is 0.235. The highest BCUT2D eigenvalue weighted by atomic mass is 16.3. The first-order valence-electron chi connectivity index (χ1n) is 6.94. The third kappa shape index (κ3) is 2.27. The summed E-state index contributed by atoms with van der Waals surface area (Å²) in [4.78, 5) is 11.3. The number of furan rings is 1. The zero-order valence-corrected chi connectivity index (χ0v) is 11.5. The lowest BCUT2D eigenvalue weighted by atomic mass is 10.0. The van der Waals surface area contributed by atoms with Crippen molar-refractivity contribution in [1.29, 1.82) is 0 Å². The fourth-order valence-corrected chi connectivity index (χ4v) is 2.54. The van der Waals surface area contributed by atoms with Crippen molar-refractivity contribution in [2.75, 3.05) is 6.54 Å². The zero-order valence-electron chi connectivity index (χ0n) is 11.5. The standard InChI is InChI=1S/C17H17NO2/c1-2-16(19)18-9-7-13-11-12-5-3-4-6-14(12)15-8-10-20-17(13)15/h3-6,8,10-11H,2,7,9H2,1H3,(H,18,19). The second-order valence-electron chi connectivity index (χ2n) is 4.87. The van der Waals surface area contributed by atoms with E-state index in [4.69, 9.17) is 4.42 Å². The molecule has 1 aromatic heterocycles. The number of benzene rings is 2. The molecule has 0 fully saturated rings. The molecule has 0 aliphatic heterocycles. The number of hydrogen-bond acceptors (Lipinski definition) is 2. The SMILES string of the molecule is CCC(=O)NCCc1cc2ccccc2c2ccoc12. The van der Waals surface area contributed by atoms with E-state index in [2.05, 4.69) is 23.5 Å². The number of rotatable bonds is 4. The van der Waals surface area contributed by atoms with Crippen molar-refractivity contribution in [2.45, 2.75) is 19.8 Å². The van der Waals surface area contributed by atoms with E-state index >= 15 is 0 Å². The van der Waals surface area contributed by atoms with Crippen LogP contribution >= 0.6 is 0 Å². The molecule has 2 aromatic carbocycles. The molecule has 3 rings (SSSR count). The van der Waals surface area contributed by atoms with Gasteiger partial charge >= 0.3 is 0 Å². The van der Waals surface area contributed by atoms with E-state index in [1.807, 2.05) is 25.1 Å². The summed E-state index contributed by atoms with van der Waals surface area (Å²) in [6.45, 7) is 2.50. The van der Waals surface area contributed by atoms with Gasteiger partial charge < -0.3 is 9.73 Å². The molecule has 0 aliphatic carbocycles. The van der Waals surface area contributed by atoms with Crippen molar-refractivity contribution in [1.82, 2.24) is 5.32 Å². The van der Waals surface area contributed by atoms with Gasteiger partial charge in [0.2, 0.25) is 5.91 Å². The Labute approximate surface area is 117 Å². The van der Waals surface area contributed by atoms with Crippen molar-refractivity contribution in [3.8, 4) is 0 Å². The summed E-state index contributed by atoms with van der Waals surface area (Å²) in [7, 11) is 0. The van der Waals surface area contributed by atoms with Gasteiger partial charge in [-0.1, -0.05) is 31.2 Å². The number of fused-ring (bicyclic) bond motifs is 3. The summed E-state index contributed by atoms with van der Waals surface area (Å²) in [6.07, 6.45) is 3.03. The van der Waals surface area contributed by atoms with Gasteiger partial charge in [-0.25, -0.2) is 0 Å². The molecule has 0 atom stereocenters. The van der Waals surface area contributed by atoms with E-state index in [1.165, 1.54) is 10.8 Å². The van der Waals surface area contributed by atoms with Crippen LogP contribution in [0.25, 0.3) is 21.7 Å². The van der Waals surface area contributed by atoms with Gasteiger partial charge in [0, 0.05) is 18.4 Å². The van der Waals surface area contributed by atoms with Crippen LogP contribution in [0.15, 0.2) is 47.1 Å². The second kappa shape index (κ2) is 5.37. The molecule has 1 amide bonds.